The van der Waals surface area contributed by atoms with Crippen LogP contribution in [0.25, 0.3) is 0 Å². The van der Waals surface area contributed by atoms with E-state index in [0.717, 1.165) is 17.9 Å². The van der Waals surface area contributed by atoms with Gasteiger partial charge in [0.1, 0.15) is 5.75 Å². The summed E-state index contributed by atoms with van der Waals surface area (Å²) < 4.78 is 5.71. The second-order valence-electron chi connectivity index (χ2n) is 4.90. The Morgan fingerprint density at radius 1 is 1.47 bits per heavy atom. The molecule has 0 aliphatic carbocycles. The molecule has 3 heteroatoms. The van der Waals surface area contributed by atoms with E-state index in [1.165, 1.54) is 0 Å². The van der Waals surface area contributed by atoms with Crippen molar-refractivity contribution in [3.8, 4) is 18.1 Å². The molecule has 0 radical (unpaired) electrons. The van der Waals surface area contributed by atoms with Crippen molar-refractivity contribution in [3.63, 3.8) is 0 Å². The Labute approximate surface area is 114 Å². The first kappa shape index (κ1) is 13.5. The predicted molar refractivity (Wildman–Crippen MR) is 76.1 cm³/mol. The summed E-state index contributed by atoms with van der Waals surface area (Å²) in [6.45, 7) is 4.73. The third-order valence-electron chi connectivity index (χ3n) is 3.42. The summed E-state index contributed by atoms with van der Waals surface area (Å²) in [5.41, 5.74) is 0.888. The van der Waals surface area contributed by atoms with E-state index in [1.54, 1.807) is 4.90 Å². The van der Waals surface area contributed by atoms with Crippen molar-refractivity contribution in [1.82, 2.24) is 0 Å². The zero-order chi connectivity index (χ0) is 13.8. The number of hydrogen-bond acceptors (Lipinski definition) is 2. The Kier molecular flexibility index (Phi) is 4.11. The van der Waals surface area contributed by atoms with Crippen LogP contribution in [0.3, 0.4) is 0 Å². The molecular weight excluding hydrogens is 238 g/mol. The highest BCUT2D eigenvalue weighted by Gasteiger charge is 2.29. The van der Waals surface area contributed by atoms with E-state index in [4.69, 9.17) is 11.2 Å². The van der Waals surface area contributed by atoms with Crippen molar-refractivity contribution in [2.75, 3.05) is 11.4 Å². The van der Waals surface area contributed by atoms with Crippen LogP contribution in [0.4, 0.5) is 5.69 Å². The number of carbonyl (C=O) groups is 1. The number of anilines is 1. The maximum Gasteiger partial charge on any atom is 0.228 e. The summed E-state index contributed by atoms with van der Waals surface area (Å²) in [5, 5.41) is 0. The van der Waals surface area contributed by atoms with Gasteiger partial charge in [0.15, 0.2) is 0 Å². The molecule has 1 aromatic carbocycles. The number of amides is 1. The molecule has 1 aromatic rings. The summed E-state index contributed by atoms with van der Waals surface area (Å²) in [4.78, 5) is 13.6. The topological polar surface area (TPSA) is 29.5 Å². The van der Waals surface area contributed by atoms with Gasteiger partial charge < -0.3 is 9.64 Å². The zero-order valence-corrected chi connectivity index (χ0v) is 11.4. The van der Waals surface area contributed by atoms with Crippen molar-refractivity contribution in [2.45, 2.75) is 32.8 Å². The van der Waals surface area contributed by atoms with Crippen LogP contribution in [0.1, 0.15) is 26.7 Å². The lowest BCUT2D eigenvalue weighted by Crippen LogP contribution is -2.24. The lowest BCUT2D eigenvalue weighted by molar-refractivity contribution is -0.117. The number of carbonyl (C=O) groups excluding carboxylic acids is 1. The summed E-state index contributed by atoms with van der Waals surface area (Å²) in [7, 11) is 0. The molecule has 0 bridgehead atoms. The number of rotatable bonds is 4. The predicted octanol–water partition coefficient (Wildman–Crippen LogP) is 2.85. The van der Waals surface area contributed by atoms with Crippen LogP contribution in [0.5, 0.6) is 5.75 Å². The zero-order valence-electron chi connectivity index (χ0n) is 11.4. The summed E-state index contributed by atoms with van der Waals surface area (Å²) in [6, 6.07) is 7.62. The third kappa shape index (κ3) is 3.08. The third-order valence-corrected chi connectivity index (χ3v) is 3.42. The minimum absolute atomic E-state index is 0.0311. The van der Waals surface area contributed by atoms with Crippen LogP contribution in [0, 0.1) is 18.3 Å². The molecule has 0 aromatic heterocycles. The molecule has 2 atom stereocenters. The lowest BCUT2D eigenvalue weighted by atomic mass is 10.1. The average Bonchev–Trinajstić information content (AvgIpc) is 2.81. The molecule has 0 N–H and O–H groups in total. The number of nitrogens with zero attached hydrogens (tertiary/aromatic N) is 1. The highest BCUT2D eigenvalue weighted by molar-refractivity contribution is 5.96. The maximum absolute atomic E-state index is 11.9. The molecule has 1 amide bonds. The number of hydrogen-bond donors (Lipinski definition) is 0. The molecule has 1 saturated heterocycles. The number of ether oxygens (including phenoxy) is 1. The molecular formula is C16H19NO2. The fraction of sp³-hybridized carbons (Fsp3) is 0.438. The highest BCUT2D eigenvalue weighted by atomic mass is 16.5. The number of terminal acetylenes is 1. The van der Waals surface area contributed by atoms with E-state index in [9.17, 15) is 4.79 Å². The second kappa shape index (κ2) is 5.79. The second-order valence-corrected chi connectivity index (χ2v) is 4.90. The van der Waals surface area contributed by atoms with E-state index < -0.39 is 0 Å². The van der Waals surface area contributed by atoms with Crippen molar-refractivity contribution < 1.29 is 9.53 Å². The monoisotopic (exact) mass is 257 g/mol. The fourth-order valence-corrected chi connectivity index (χ4v) is 2.09. The van der Waals surface area contributed by atoms with Crippen LogP contribution >= 0.6 is 0 Å². The molecule has 1 aliphatic heterocycles. The summed E-state index contributed by atoms with van der Waals surface area (Å²) in [5.74, 6) is 3.61. The first-order valence-electron chi connectivity index (χ1n) is 6.67. The van der Waals surface area contributed by atoms with Crippen molar-refractivity contribution >= 4 is 11.6 Å². The van der Waals surface area contributed by atoms with Gasteiger partial charge in [0.25, 0.3) is 0 Å². The van der Waals surface area contributed by atoms with Gasteiger partial charge in [0, 0.05) is 24.6 Å². The highest BCUT2D eigenvalue weighted by Crippen LogP contribution is 2.26. The lowest BCUT2D eigenvalue weighted by Gasteiger charge is -2.17. The van der Waals surface area contributed by atoms with Gasteiger partial charge in [-0.15, -0.1) is 12.3 Å². The normalized spacial score (nSPS) is 20.2. The number of benzene rings is 1. The molecule has 1 heterocycles. The Hall–Kier alpha value is -1.95. The van der Waals surface area contributed by atoms with Crippen LogP contribution in [0.2, 0.25) is 0 Å². The van der Waals surface area contributed by atoms with E-state index in [0.29, 0.717) is 13.0 Å². The van der Waals surface area contributed by atoms with Crippen LogP contribution < -0.4 is 9.64 Å². The van der Waals surface area contributed by atoms with Crippen molar-refractivity contribution in [1.29, 1.82) is 0 Å². The molecule has 2 rings (SSSR count). The van der Waals surface area contributed by atoms with Gasteiger partial charge in [0.05, 0.1) is 6.10 Å². The Morgan fingerprint density at radius 2 is 2.16 bits per heavy atom. The Balaban J connectivity index is 2.07. The Morgan fingerprint density at radius 3 is 2.68 bits per heavy atom. The van der Waals surface area contributed by atoms with Gasteiger partial charge in [0.2, 0.25) is 5.91 Å². The molecule has 2 unspecified atom stereocenters. The summed E-state index contributed by atoms with van der Waals surface area (Å²) in [6.07, 6.45) is 7.00. The first-order chi connectivity index (χ1) is 9.13. The van der Waals surface area contributed by atoms with Gasteiger partial charge >= 0.3 is 0 Å². The first-order valence-corrected chi connectivity index (χ1v) is 6.67. The minimum Gasteiger partial charge on any atom is -0.491 e. The van der Waals surface area contributed by atoms with Crippen LogP contribution in [-0.4, -0.2) is 18.6 Å². The molecule has 100 valence electrons. The fourth-order valence-electron chi connectivity index (χ4n) is 2.09. The molecule has 0 spiro atoms. The van der Waals surface area contributed by atoms with Gasteiger partial charge in [-0.05, 0) is 37.6 Å². The summed E-state index contributed by atoms with van der Waals surface area (Å²) >= 11 is 0. The van der Waals surface area contributed by atoms with Gasteiger partial charge in [-0.2, -0.15) is 0 Å². The minimum atomic E-state index is 0.0311. The van der Waals surface area contributed by atoms with Crippen LogP contribution in [-0.2, 0) is 4.79 Å². The van der Waals surface area contributed by atoms with Crippen LogP contribution in [0.15, 0.2) is 24.3 Å². The molecule has 1 aliphatic rings. The largest absolute Gasteiger partial charge is 0.491 e. The van der Waals surface area contributed by atoms with E-state index in [-0.39, 0.29) is 17.9 Å². The smallest absolute Gasteiger partial charge is 0.228 e. The van der Waals surface area contributed by atoms with Gasteiger partial charge in [-0.3, -0.25) is 4.79 Å². The quantitative estimate of drug-likeness (QED) is 0.776. The maximum atomic E-state index is 11.9. The molecule has 0 saturated carbocycles. The average molecular weight is 257 g/mol. The Bertz CT molecular complexity index is 486. The molecule has 19 heavy (non-hydrogen) atoms. The molecule has 1 fully saturated rings. The van der Waals surface area contributed by atoms with Gasteiger partial charge in [-0.1, -0.05) is 6.92 Å². The standard InChI is InChI=1S/C16H19NO2/c1-4-12(3)19-15-8-6-14(7-9-15)17-11-13(5-2)10-16(17)18/h2,6-9,12-13H,4,10-11H2,1,3H3. The van der Waals surface area contributed by atoms with E-state index >= 15 is 0 Å². The SMILES string of the molecule is C#CC1CC(=O)N(c2ccc(OC(C)CC)cc2)C1. The molecule has 3 nitrogen and oxygen atoms in total. The van der Waals surface area contributed by atoms with Crippen molar-refractivity contribution in [2.24, 2.45) is 5.92 Å². The van der Waals surface area contributed by atoms with E-state index in [2.05, 4.69) is 12.8 Å². The van der Waals surface area contributed by atoms with E-state index in [1.807, 2.05) is 31.2 Å². The van der Waals surface area contributed by atoms with Gasteiger partial charge in [-0.25, -0.2) is 0 Å². The van der Waals surface area contributed by atoms with Crippen molar-refractivity contribution in [3.05, 3.63) is 24.3 Å².